The Kier molecular flexibility index (Phi) is 7.59. The lowest BCUT2D eigenvalue weighted by atomic mass is 10.1. The Hall–Kier alpha value is -0.523. The molecule has 0 spiro atoms. The Morgan fingerprint density at radius 3 is 2.33 bits per heavy atom. The van der Waals surface area contributed by atoms with Gasteiger partial charge in [0.15, 0.2) is 0 Å². The molecule has 0 fully saturated rings. The zero-order chi connectivity index (χ0) is 14.2. The van der Waals surface area contributed by atoms with E-state index < -0.39 is 8.07 Å². The van der Waals surface area contributed by atoms with E-state index in [1.54, 1.807) is 7.11 Å². The van der Waals surface area contributed by atoms with E-state index in [4.69, 9.17) is 4.74 Å². The molecule has 0 aromatic carbocycles. The fourth-order valence-electron chi connectivity index (χ4n) is 1.30. The van der Waals surface area contributed by atoms with E-state index in [9.17, 15) is 0 Å². The third-order valence-electron chi connectivity index (χ3n) is 3.84. The summed E-state index contributed by atoms with van der Waals surface area (Å²) < 4.78 is 5.08. The molecule has 18 heavy (non-hydrogen) atoms. The van der Waals surface area contributed by atoms with Gasteiger partial charge >= 0.3 is 0 Å². The van der Waals surface area contributed by atoms with Gasteiger partial charge in [-0.05, 0) is 30.4 Å². The van der Waals surface area contributed by atoms with Crippen LogP contribution in [0.15, 0.2) is 11.6 Å². The molecule has 0 bridgehead atoms. The van der Waals surface area contributed by atoms with Gasteiger partial charge in [0, 0.05) is 13.7 Å². The number of ether oxygens (including phenoxy) is 1. The second-order valence-electron chi connectivity index (χ2n) is 6.40. The van der Waals surface area contributed by atoms with Crippen LogP contribution < -0.4 is 0 Å². The number of allylic oxidation sites excluding steroid dienone is 2. The Bertz CT molecular complexity index is 323. The molecule has 0 unspecified atom stereocenters. The van der Waals surface area contributed by atoms with E-state index >= 15 is 0 Å². The summed E-state index contributed by atoms with van der Waals surface area (Å²) in [4.78, 5) is 0. The minimum atomic E-state index is -1.45. The van der Waals surface area contributed by atoms with Crippen LogP contribution in [0.4, 0.5) is 0 Å². The minimum absolute atomic E-state index is 0.344. The lowest BCUT2D eigenvalue weighted by Crippen LogP contribution is -2.35. The van der Waals surface area contributed by atoms with E-state index in [2.05, 4.69) is 58.3 Å². The Morgan fingerprint density at radius 2 is 1.89 bits per heavy atom. The van der Waals surface area contributed by atoms with Crippen molar-refractivity contribution in [2.24, 2.45) is 0 Å². The lowest BCUT2D eigenvalue weighted by Gasteiger charge is -2.31. The van der Waals surface area contributed by atoms with Gasteiger partial charge in [0.2, 0.25) is 0 Å². The van der Waals surface area contributed by atoms with E-state index in [0.717, 1.165) is 25.9 Å². The van der Waals surface area contributed by atoms with Gasteiger partial charge in [0.1, 0.15) is 8.07 Å². The van der Waals surface area contributed by atoms with Crippen LogP contribution in [-0.4, -0.2) is 21.8 Å². The van der Waals surface area contributed by atoms with Crippen molar-refractivity contribution < 1.29 is 4.74 Å². The highest BCUT2D eigenvalue weighted by Gasteiger charge is 2.33. The number of methoxy groups -OCH3 is 1. The van der Waals surface area contributed by atoms with Crippen molar-refractivity contribution >= 4 is 8.07 Å². The first kappa shape index (κ1) is 17.5. The van der Waals surface area contributed by atoms with E-state index in [1.807, 2.05) is 0 Å². The van der Waals surface area contributed by atoms with E-state index in [-0.39, 0.29) is 0 Å². The maximum atomic E-state index is 5.08. The smallest absolute Gasteiger partial charge is 0.138 e. The molecule has 1 nitrogen and oxygen atoms in total. The van der Waals surface area contributed by atoms with Gasteiger partial charge in [-0.3, -0.25) is 0 Å². The van der Waals surface area contributed by atoms with Crippen LogP contribution in [-0.2, 0) is 4.74 Å². The van der Waals surface area contributed by atoms with Crippen LogP contribution in [0, 0.1) is 11.5 Å². The SMILES string of the molecule is CC/C(=C\C#C[Si](C)(C)C(C)(C)C)CCCOC. The Morgan fingerprint density at radius 1 is 1.28 bits per heavy atom. The summed E-state index contributed by atoms with van der Waals surface area (Å²) in [7, 11) is 0.304. The highest BCUT2D eigenvalue weighted by molar-refractivity contribution is 6.87. The van der Waals surface area contributed by atoms with Crippen LogP contribution in [0.1, 0.15) is 47.0 Å². The zero-order valence-corrected chi connectivity index (χ0v) is 14.3. The summed E-state index contributed by atoms with van der Waals surface area (Å²) >= 11 is 0. The van der Waals surface area contributed by atoms with Gasteiger partial charge in [-0.2, -0.15) is 0 Å². The van der Waals surface area contributed by atoms with Gasteiger partial charge in [-0.1, -0.05) is 52.3 Å². The first-order valence-corrected chi connectivity index (χ1v) is 9.94. The van der Waals surface area contributed by atoms with Crippen LogP contribution in [0.2, 0.25) is 18.1 Å². The van der Waals surface area contributed by atoms with Crippen LogP contribution in [0.3, 0.4) is 0 Å². The normalized spacial score (nSPS) is 13.2. The minimum Gasteiger partial charge on any atom is -0.385 e. The van der Waals surface area contributed by atoms with Crippen molar-refractivity contribution in [2.45, 2.75) is 65.1 Å². The highest BCUT2D eigenvalue weighted by atomic mass is 28.3. The molecule has 0 N–H and O–H groups in total. The van der Waals surface area contributed by atoms with Crippen LogP contribution in [0.5, 0.6) is 0 Å². The second-order valence-corrected chi connectivity index (χ2v) is 11.4. The summed E-state index contributed by atoms with van der Waals surface area (Å²) in [5.41, 5.74) is 4.98. The molecule has 0 aromatic rings. The molecular formula is C16H30OSi. The third-order valence-corrected chi connectivity index (χ3v) is 8.36. The van der Waals surface area contributed by atoms with Gasteiger partial charge < -0.3 is 4.74 Å². The molecule has 0 saturated carbocycles. The summed E-state index contributed by atoms with van der Waals surface area (Å²) in [6, 6.07) is 0. The molecular weight excluding hydrogens is 236 g/mol. The third kappa shape index (κ3) is 6.42. The second kappa shape index (κ2) is 7.81. The maximum Gasteiger partial charge on any atom is 0.138 e. The highest BCUT2D eigenvalue weighted by Crippen LogP contribution is 2.35. The van der Waals surface area contributed by atoms with Crippen molar-refractivity contribution in [3.05, 3.63) is 11.6 Å². The first-order chi connectivity index (χ1) is 8.24. The predicted molar refractivity (Wildman–Crippen MR) is 84.5 cm³/mol. The molecule has 0 rings (SSSR count). The molecule has 0 aliphatic heterocycles. The van der Waals surface area contributed by atoms with Crippen LogP contribution >= 0.6 is 0 Å². The molecule has 0 aliphatic carbocycles. The predicted octanol–water partition coefficient (Wildman–Crippen LogP) is 4.80. The summed E-state index contributed by atoms with van der Waals surface area (Å²) in [5.74, 6) is 3.32. The monoisotopic (exact) mass is 266 g/mol. The van der Waals surface area contributed by atoms with Crippen LogP contribution in [0.25, 0.3) is 0 Å². The summed E-state index contributed by atoms with van der Waals surface area (Å²) in [6.07, 6.45) is 5.43. The first-order valence-electron chi connectivity index (χ1n) is 6.94. The standard InChI is InChI=1S/C16H30OSi/c1-8-15(11-9-13-17-5)12-10-14-18(6,7)16(2,3)4/h12H,8-9,11,13H2,1-7H3/b15-12+. The Balaban J connectivity index is 4.59. The van der Waals surface area contributed by atoms with Crippen molar-refractivity contribution in [3.8, 4) is 11.5 Å². The molecule has 2 heteroatoms. The molecule has 0 saturated heterocycles. The van der Waals surface area contributed by atoms with Gasteiger partial charge in [-0.15, -0.1) is 5.54 Å². The zero-order valence-electron chi connectivity index (χ0n) is 13.3. The van der Waals surface area contributed by atoms with Gasteiger partial charge in [0.25, 0.3) is 0 Å². The largest absolute Gasteiger partial charge is 0.385 e. The van der Waals surface area contributed by atoms with Crippen molar-refractivity contribution in [1.29, 1.82) is 0 Å². The molecule has 104 valence electrons. The molecule has 0 amide bonds. The molecule has 0 radical (unpaired) electrons. The lowest BCUT2D eigenvalue weighted by molar-refractivity contribution is 0.195. The maximum absolute atomic E-state index is 5.08. The van der Waals surface area contributed by atoms with Gasteiger partial charge in [0.05, 0.1) is 0 Å². The summed E-state index contributed by atoms with van der Waals surface area (Å²) in [5, 5.41) is 0.344. The summed E-state index contributed by atoms with van der Waals surface area (Å²) in [6.45, 7) is 14.7. The molecule has 0 aliphatic rings. The number of hydrogen-bond acceptors (Lipinski definition) is 1. The Labute approximate surface area is 115 Å². The number of hydrogen-bond donors (Lipinski definition) is 0. The van der Waals surface area contributed by atoms with E-state index in [0.29, 0.717) is 5.04 Å². The van der Waals surface area contributed by atoms with E-state index in [1.165, 1.54) is 5.57 Å². The fourth-order valence-corrected chi connectivity index (χ4v) is 2.11. The topological polar surface area (TPSA) is 9.23 Å². The fraction of sp³-hybridized carbons (Fsp3) is 0.750. The van der Waals surface area contributed by atoms with Crippen molar-refractivity contribution in [2.75, 3.05) is 13.7 Å². The van der Waals surface area contributed by atoms with Gasteiger partial charge in [-0.25, -0.2) is 0 Å². The van der Waals surface area contributed by atoms with Crippen molar-refractivity contribution in [1.82, 2.24) is 0 Å². The molecule has 0 aromatic heterocycles. The average Bonchev–Trinajstić information content (AvgIpc) is 2.25. The quantitative estimate of drug-likeness (QED) is 0.394. The molecule has 0 heterocycles. The average molecular weight is 267 g/mol. The number of rotatable bonds is 5. The molecule has 0 atom stereocenters. The van der Waals surface area contributed by atoms with Crippen molar-refractivity contribution in [3.63, 3.8) is 0 Å².